The number of thiocarbonyl (C=S) groups is 1. The molecule has 0 radical (unpaired) electrons. The summed E-state index contributed by atoms with van der Waals surface area (Å²) in [6.07, 6.45) is 0. The van der Waals surface area contributed by atoms with Crippen molar-refractivity contribution in [3.63, 3.8) is 0 Å². The lowest BCUT2D eigenvalue weighted by molar-refractivity contribution is 0.416. The fraction of sp³-hybridized carbons (Fsp3) is 0.350. The van der Waals surface area contributed by atoms with E-state index in [2.05, 4.69) is 69.5 Å². The maximum atomic E-state index is 5.46. The highest BCUT2D eigenvalue weighted by Gasteiger charge is 2.16. The van der Waals surface area contributed by atoms with E-state index < -0.39 is 0 Å². The van der Waals surface area contributed by atoms with E-state index in [1.54, 1.807) is 7.11 Å². The first-order chi connectivity index (χ1) is 11.2. The molecular weight excluding hydrogens is 316 g/mol. The summed E-state index contributed by atoms with van der Waals surface area (Å²) >= 11 is 5.46. The van der Waals surface area contributed by atoms with Crippen molar-refractivity contribution in [3.05, 3.63) is 53.1 Å². The first-order valence-electron chi connectivity index (χ1n) is 8.04. The molecule has 2 aromatic rings. The molecule has 0 saturated carbocycles. The SMILES string of the molecule is COc1ccc(C(C)(C)C)cc1NC(=S)Nc1ccc(C)c(C)c1. The van der Waals surface area contributed by atoms with Gasteiger partial charge in [-0.15, -0.1) is 0 Å². The van der Waals surface area contributed by atoms with Crippen LogP contribution >= 0.6 is 12.2 Å². The van der Waals surface area contributed by atoms with Crippen molar-refractivity contribution in [2.45, 2.75) is 40.0 Å². The minimum absolute atomic E-state index is 0.0613. The fourth-order valence-corrected chi connectivity index (χ4v) is 2.60. The lowest BCUT2D eigenvalue weighted by atomic mass is 9.87. The van der Waals surface area contributed by atoms with Crippen LogP contribution in [-0.4, -0.2) is 12.2 Å². The summed E-state index contributed by atoms with van der Waals surface area (Å²) in [6.45, 7) is 10.7. The maximum Gasteiger partial charge on any atom is 0.175 e. The largest absolute Gasteiger partial charge is 0.495 e. The third-order valence-electron chi connectivity index (χ3n) is 4.08. The second-order valence-electron chi connectivity index (χ2n) is 7.04. The van der Waals surface area contributed by atoms with Gasteiger partial charge in [0, 0.05) is 5.69 Å². The van der Waals surface area contributed by atoms with Gasteiger partial charge in [0.15, 0.2) is 5.11 Å². The summed E-state index contributed by atoms with van der Waals surface area (Å²) in [5.41, 5.74) is 5.62. The molecule has 2 aromatic carbocycles. The zero-order chi connectivity index (χ0) is 17.9. The van der Waals surface area contributed by atoms with Crippen LogP contribution in [0.2, 0.25) is 0 Å². The van der Waals surface area contributed by atoms with Gasteiger partial charge in [0.05, 0.1) is 12.8 Å². The number of hydrogen-bond acceptors (Lipinski definition) is 2. The number of benzene rings is 2. The summed E-state index contributed by atoms with van der Waals surface area (Å²) in [7, 11) is 1.66. The highest BCUT2D eigenvalue weighted by Crippen LogP contribution is 2.31. The highest BCUT2D eigenvalue weighted by atomic mass is 32.1. The van der Waals surface area contributed by atoms with E-state index in [0.29, 0.717) is 5.11 Å². The van der Waals surface area contributed by atoms with Crippen LogP contribution in [0.15, 0.2) is 36.4 Å². The van der Waals surface area contributed by atoms with E-state index >= 15 is 0 Å². The first kappa shape index (κ1) is 18.3. The number of rotatable bonds is 3. The van der Waals surface area contributed by atoms with Crippen LogP contribution in [0.4, 0.5) is 11.4 Å². The molecular formula is C20H26N2OS. The van der Waals surface area contributed by atoms with Crippen LogP contribution in [0.25, 0.3) is 0 Å². The Labute approximate surface area is 150 Å². The van der Waals surface area contributed by atoms with Gasteiger partial charge in [-0.3, -0.25) is 0 Å². The molecule has 0 heterocycles. The Hall–Kier alpha value is -2.07. The van der Waals surface area contributed by atoms with Gasteiger partial charge in [0.1, 0.15) is 5.75 Å². The topological polar surface area (TPSA) is 33.3 Å². The number of methoxy groups -OCH3 is 1. The molecule has 0 bridgehead atoms. The van der Waals surface area contributed by atoms with Crippen molar-refractivity contribution in [3.8, 4) is 5.75 Å². The summed E-state index contributed by atoms with van der Waals surface area (Å²) < 4.78 is 5.45. The zero-order valence-electron chi connectivity index (χ0n) is 15.3. The number of nitrogens with one attached hydrogen (secondary N) is 2. The smallest absolute Gasteiger partial charge is 0.175 e. The van der Waals surface area contributed by atoms with Crippen LogP contribution in [0.1, 0.15) is 37.5 Å². The monoisotopic (exact) mass is 342 g/mol. The average Bonchev–Trinajstić information content (AvgIpc) is 2.50. The van der Waals surface area contributed by atoms with E-state index in [1.807, 2.05) is 12.1 Å². The predicted molar refractivity (Wildman–Crippen MR) is 107 cm³/mol. The maximum absolute atomic E-state index is 5.46. The Morgan fingerprint density at radius 1 is 0.958 bits per heavy atom. The van der Waals surface area contributed by atoms with Crippen LogP contribution < -0.4 is 15.4 Å². The van der Waals surface area contributed by atoms with Crippen molar-refractivity contribution in [2.75, 3.05) is 17.7 Å². The lowest BCUT2D eigenvalue weighted by Crippen LogP contribution is -2.20. The first-order valence-corrected chi connectivity index (χ1v) is 8.45. The Bertz CT molecular complexity index is 748. The summed E-state index contributed by atoms with van der Waals surface area (Å²) in [4.78, 5) is 0. The standard InChI is InChI=1S/C20H26N2OS/c1-13-7-9-16(11-14(13)2)21-19(24)22-17-12-15(20(3,4)5)8-10-18(17)23-6/h7-12H,1-6H3,(H2,21,22,24). The Kier molecular flexibility index (Phi) is 5.50. The molecule has 0 amide bonds. The molecule has 0 aliphatic rings. The predicted octanol–water partition coefficient (Wildman–Crippen LogP) is 5.42. The van der Waals surface area contributed by atoms with E-state index in [-0.39, 0.29) is 5.41 Å². The van der Waals surface area contributed by atoms with E-state index in [1.165, 1.54) is 16.7 Å². The third kappa shape index (κ3) is 4.48. The molecule has 0 atom stereocenters. The van der Waals surface area contributed by atoms with Crippen molar-refractivity contribution < 1.29 is 4.74 Å². The van der Waals surface area contributed by atoms with E-state index in [9.17, 15) is 0 Å². The second-order valence-corrected chi connectivity index (χ2v) is 7.45. The average molecular weight is 343 g/mol. The van der Waals surface area contributed by atoms with Crippen molar-refractivity contribution in [1.82, 2.24) is 0 Å². The van der Waals surface area contributed by atoms with Crippen molar-refractivity contribution in [1.29, 1.82) is 0 Å². The molecule has 0 spiro atoms. The second kappa shape index (κ2) is 7.22. The van der Waals surface area contributed by atoms with Crippen LogP contribution in [0, 0.1) is 13.8 Å². The quantitative estimate of drug-likeness (QED) is 0.730. The molecule has 3 nitrogen and oxygen atoms in total. The van der Waals surface area contributed by atoms with Gasteiger partial charge in [-0.05, 0) is 72.4 Å². The zero-order valence-corrected chi connectivity index (χ0v) is 16.1. The summed E-state index contributed by atoms with van der Waals surface area (Å²) in [5, 5.41) is 7.03. The van der Waals surface area contributed by atoms with Gasteiger partial charge in [-0.2, -0.15) is 0 Å². The number of anilines is 2. The molecule has 0 saturated heterocycles. The number of aryl methyl sites for hydroxylation is 2. The molecule has 0 fully saturated rings. The third-order valence-corrected chi connectivity index (χ3v) is 4.28. The molecule has 0 unspecified atom stereocenters. The van der Waals surface area contributed by atoms with Crippen LogP contribution in [0.5, 0.6) is 5.75 Å². The Morgan fingerprint density at radius 2 is 1.67 bits per heavy atom. The summed E-state index contributed by atoms with van der Waals surface area (Å²) in [6, 6.07) is 12.4. The number of hydrogen-bond donors (Lipinski definition) is 2. The Balaban J connectivity index is 2.19. The van der Waals surface area contributed by atoms with Crippen molar-refractivity contribution in [2.24, 2.45) is 0 Å². The fourth-order valence-electron chi connectivity index (χ4n) is 2.38. The molecule has 0 aliphatic heterocycles. The molecule has 0 aromatic heterocycles. The van der Waals surface area contributed by atoms with Crippen LogP contribution in [0.3, 0.4) is 0 Å². The minimum atomic E-state index is 0.0613. The minimum Gasteiger partial charge on any atom is -0.495 e. The lowest BCUT2D eigenvalue weighted by Gasteiger charge is -2.22. The van der Waals surface area contributed by atoms with E-state index in [0.717, 1.165) is 17.1 Å². The summed E-state index contributed by atoms with van der Waals surface area (Å²) in [5.74, 6) is 0.771. The van der Waals surface area contributed by atoms with Gasteiger partial charge >= 0.3 is 0 Å². The Morgan fingerprint density at radius 3 is 2.25 bits per heavy atom. The van der Waals surface area contributed by atoms with Gasteiger partial charge in [-0.1, -0.05) is 32.9 Å². The number of ether oxygens (including phenoxy) is 1. The molecule has 4 heteroatoms. The normalized spacial score (nSPS) is 11.1. The molecule has 24 heavy (non-hydrogen) atoms. The van der Waals surface area contributed by atoms with Gasteiger partial charge in [0.2, 0.25) is 0 Å². The van der Waals surface area contributed by atoms with Gasteiger partial charge < -0.3 is 15.4 Å². The molecule has 128 valence electrons. The van der Waals surface area contributed by atoms with Gasteiger partial charge in [-0.25, -0.2) is 0 Å². The highest BCUT2D eigenvalue weighted by molar-refractivity contribution is 7.80. The molecule has 2 rings (SSSR count). The molecule has 2 N–H and O–H groups in total. The van der Waals surface area contributed by atoms with Gasteiger partial charge in [0.25, 0.3) is 0 Å². The molecule has 0 aliphatic carbocycles. The van der Waals surface area contributed by atoms with Crippen molar-refractivity contribution >= 4 is 28.7 Å². The van der Waals surface area contributed by atoms with Crippen LogP contribution in [-0.2, 0) is 5.41 Å². The van der Waals surface area contributed by atoms with E-state index in [4.69, 9.17) is 17.0 Å².